The number of nitrogens with one attached hydrogen (secondary N) is 1. The van der Waals surface area contributed by atoms with Gasteiger partial charge in [-0.05, 0) is 66.9 Å². The van der Waals surface area contributed by atoms with Gasteiger partial charge in [0, 0.05) is 5.02 Å². The summed E-state index contributed by atoms with van der Waals surface area (Å²) >= 11 is 5.89. The number of amides is 4. The molecule has 0 aromatic heterocycles. The molecule has 0 radical (unpaired) electrons. The van der Waals surface area contributed by atoms with Crippen molar-refractivity contribution in [2.45, 2.75) is 20.5 Å². The van der Waals surface area contributed by atoms with Crippen molar-refractivity contribution in [2.75, 3.05) is 4.90 Å². The fourth-order valence-electron chi connectivity index (χ4n) is 3.51. The third-order valence-electron chi connectivity index (χ3n) is 5.20. The molecule has 0 bridgehead atoms. The van der Waals surface area contributed by atoms with E-state index in [4.69, 9.17) is 16.3 Å². The van der Waals surface area contributed by atoms with Gasteiger partial charge in [-0.3, -0.25) is 14.9 Å². The number of imide groups is 2. The second-order valence-corrected chi connectivity index (χ2v) is 8.17. The highest BCUT2D eigenvalue weighted by molar-refractivity contribution is 6.39. The lowest BCUT2D eigenvalue weighted by atomic mass is 10.0. The third kappa shape index (κ3) is 4.96. The molecule has 1 saturated heterocycles. The Hall–Kier alpha value is -3.90. The lowest BCUT2D eigenvalue weighted by Crippen LogP contribution is -2.54. The molecular weight excluding hydrogens is 440 g/mol. The van der Waals surface area contributed by atoms with Gasteiger partial charge in [0.2, 0.25) is 0 Å². The molecule has 3 aromatic carbocycles. The monoisotopic (exact) mass is 460 g/mol. The molecule has 166 valence electrons. The van der Waals surface area contributed by atoms with Crippen LogP contribution in [0.1, 0.15) is 22.3 Å². The number of hydrogen-bond acceptors (Lipinski definition) is 4. The topological polar surface area (TPSA) is 75.7 Å². The standard InChI is InChI=1S/C26H21ClN2O4/c1-16-3-12-23(17(2)13-16)29-25(31)22(24(30)28-26(29)32)14-18-6-10-21(11-7-18)33-15-19-4-8-20(27)9-5-19/h3-14H,15H2,1-2H3,(H,28,30,32)/b22-14+. The first-order valence-corrected chi connectivity index (χ1v) is 10.7. The van der Waals surface area contributed by atoms with Crippen LogP contribution in [-0.4, -0.2) is 17.8 Å². The summed E-state index contributed by atoms with van der Waals surface area (Å²) in [6, 6.07) is 19.0. The van der Waals surface area contributed by atoms with Crippen molar-refractivity contribution < 1.29 is 19.1 Å². The number of nitrogens with zero attached hydrogens (tertiary/aromatic N) is 1. The number of carbonyl (C=O) groups excluding carboxylic acids is 3. The molecule has 6 nitrogen and oxygen atoms in total. The number of rotatable bonds is 5. The van der Waals surface area contributed by atoms with Crippen molar-refractivity contribution in [1.82, 2.24) is 5.32 Å². The maximum Gasteiger partial charge on any atom is 0.335 e. The Morgan fingerprint density at radius 3 is 2.30 bits per heavy atom. The van der Waals surface area contributed by atoms with Crippen molar-refractivity contribution in [3.8, 4) is 5.75 Å². The number of anilines is 1. The number of benzene rings is 3. The normalized spacial score (nSPS) is 15.1. The van der Waals surface area contributed by atoms with Crippen LogP contribution in [0.25, 0.3) is 6.08 Å². The molecule has 4 amide bonds. The second kappa shape index (κ2) is 9.30. The fourth-order valence-corrected chi connectivity index (χ4v) is 3.63. The molecular formula is C26H21ClN2O4. The van der Waals surface area contributed by atoms with Crippen LogP contribution in [0.4, 0.5) is 10.5 Å². The zero-order chi connectivity index (χ0) is 23.5. The number of hydrogen-bond donors (Lipinski definition) is 1. The Labute approximate surface area is 196 Å². The van der Waals surface area contributed by atoms with E-state index in [9.17, 15) is 14.4 Å². The van der Waals surface area contributed by atoms with Gasteiger partial charge in [0.1, 0.15) is 17.9 Å². The van der Waals surface area contributed by atoms with Crippen LogP contribution in [0.15, 0.2) is 72.3 Å². The summed E-state index contributed by atoms with van der Waals surface area (Å²) in [4.78, 5) is 38.9. The average molecular weight is 461 g/mol. The summed E-state index contributed by atoms with van der Waals surface area (Å²) in [5, 5.41) is 2.91. The van der Waals surface area contributed by atoms with Crippen molar-refractivity contribution in [1.29, 1.82) is 0 Å². The van der Waals surface area contributed by atoms with E-state index >= 15 is 0 Å². The van der Waals surface area contributed by atoms with Crippen LogP contribution >= 0.6 is 11.6 Å². The Balaban J connectivity index is 1.53. The van der Waals surface area contributed by atoms with Crippen molar-refractivity contribution in [3.05, 3.63) is 99.6 Å². The van der Waals surface area contributed by atoms with E-state index in [0.29, 0.717) is 28.6 Å². The summed E-state index contributed by atoms with van der Waals surface area (Å²) < 4.78 is 5.77. The first-order chi connectivity index (χ1) is 15.8. The van der Waals surface area contributed by atoms with Crippen molar-refractivity contribution in [3.63, 3.8) is 0 Å². The number of barbiturate groups is 1. The number of aryl methyl sites for hydroxylation is 2. The Morgan fingerprint density at radius 2 is 1.64 bits per heavy atom. The van der Waals surface area contributed by atoms with Gasteiger partial charge in [-0.2, -0.15) is 0 Å². The molecule has 1 N–H and O–H groups in total. The molecule has 0 saturated carbocycles. The number of urea groups is 1. The SMILES string of the molecule is Cc1ccc(N2C(=O)NC(=O)/C(=C\c3ccc(OCc4ccc(Cl)cc4)cc3)C2=O)c(C)c1. The molecule has 0 spiro atoms. The summed E-state index contributed by atoms with van der Waals surface area (Å²) in [7, 11) is 0. The highest BCUT2D eigenvalue weighted by Gasteiger charge is 2.37. The van der Waals surface area contributed by atoms with E-state index in [1.54, 1.807) is 42.5 Å². The van der Waals surface area contributed by atoms with Crippen LogP contribution in [0.3, 0.4) is 0 Å². The molecule has 33 heavy (non-hydrogen) atoms. The smallest absolute Gasteiger partial charge is 0.335 e. The van der Waals surface area contributed by atoms with Gasteiger partial charge < -0.3 is 4.74 Å². The van der Waals surface area contributed by atoms with Crippen LogP contribution < -0.4 is 15.0 Å². The van der Waals surface area contributed by atoms with Gasteiger partial charge in [0.05, 0.1) is 5.69 Å². The maximum atomic E-state index is 13.1. The van der Waals surface area contributed by atoms with E-state index in [-0.39, 0.29) is 5.57 Å². The minimum atomic E-state index is -0.764. The molecule has 1 aliphatic rings. The minimum absolute atomic E-state index is 0.121. The first kappa shape index (κ1) is 22.3. The number of halogens is 1. The zero-order valence-electron chi connectivity index (χ0n) is 18.1. The lowest BCUT2D eigenvalue weighted by molar-refractivity contribution is -0.122. The summed E-state index contributed by atoms with van der Waals surface area (Å²) in [5.41, 5.74) is 3.69. The van der Waals surface area contributed by atoms with Crippen LogP contribution in [0, 0.1) is 13.8 Å². The summed E-state index contributed by atoms with van der Waals surface area (Å²) in [5.74, 6) is -0.758. The average Bonchev–Trinajstić information content (AvgIpc) is 2.78. The molecule has 0 atom stereocenters. The van der Waals surface area contributed by atoms with E-state index in [1.165, 1.54) is 6.08 Å². The maximum absolute atomic E-state index is 13.1. The van der Waals surface area contributed by atoms with Crippen molar-refractivity contribution in [2.24, 2.45) is 0 Å². The largest absolute Gasteiger partial charge is 0.489 e. The molecule has 1 fully saturated rings. The highest BCUT2D eigenvalue weighted by Crippen LogP contribution is 2.26. The van der Waals surface area contributed by atoms with E-state index in [0.717, 1.165) is 21.6 Å². The zero-order valence-corrected chi connectivity index (χ0v) is 18.8. The van der Waals surface area contributed by atoms with E-state index < -0.39 is 17.8 Å². The van der Waals surface area contributed by atoms with Crippen LogP contribution in [0.5, 0.6) is 5.75 Å². The van der Waals surface area contributed by atoms with Crippen molar-refractivity contribution >= 4 is 41.2 Å². The van der Waals surface area contributed by atoms with Gasteiger partial charge in [0.15, 0.2) is 0 Å². The van der Waals surface area contributed by atoms with Gasteiger partial charge in [0.25, 0.3) is 11.8 Å². The Morgan fingerprint density at radius 1 is 0.939 bits per heavy atom. The summed E-state index contributed by atoms with van der Waals surface area (Å²) in [6.07, 6.45) is 1.46. The second-order valence-electron chi connectivity index (χ2n) is 7.73. The predicted octanol–water partition coefficient (Wildman–Crippen LogP) is 5.20. The van der Waals surface area contributed by atoms with Gasteiger partial charge in [-0.15, -0.1) is 0 Å². The lowest BCUT2D eigenvalue weighted by Gasteiger charge is -2.27. The van der Waals surface area contributed by atoms with Gasteiger partial charge in [-0.25, -0.2) is 9.69 Å². The van der Waals surface area contributed by atoms with Crippen LogP contribution in [0.2, 0.25) is 5.02 Å². The van der Waals surface area contributed by atoms with E-state index in [1.807, 2.05) is 38.1 Å². The third-order valence-corrected chi connectivity index (χ3v) is 5.46. The molecule has 0 unspecified atom stereocenters. The predicted molar refractivity (Wildman–Crippen MR) is 127 cm³/mol. The quantitative estimate of drug-likeness (QED) is 0.419. The molecule has 7 heteroatoms. The van der Waals surface area contributed by atoms with Crippen LogP contribution in [-0.2, 0) is 16.2 Å². The molecule has 3 aromatic rings. The minimum Gasteiger partial charge on any atom is -0.489 e. The molecule has 0 aliphatic carbocycles. The van der Waals surface area contributed by atoms with Gasteiger partial charge in [-0.1, -0.05) is 53.6 Å². The number of ether oxygens (including phenoxy) is 1. The highest BCUT2D eigenvalue weighted by atomic mass is 35.5. The Kier molecular flexibility index (Phi) is 6.29. The summed E-state index contributed by atoms with van der Waals surface area (Å²) in [6.45, 7) is 4.11. The molecule has 4 rings (SSSR count). The first-order valence-electron chi connectivity index (χ1n) is 10.3. The Bertz CT molecular complexity index is 1260. The molecule has 1 heterocycles. The molecule has 1 aliphatic heterocycles. The van der Waals surface area contributed by atoms with E-state index in [2.05, 4.69) is 5.32 Å². The van der Waals surface area contributed by atoms with Gasteiger partial charge >= 0.3 is 6.03 Å². The fraction of sp³-hybridized carbons (Fsp3) is 0.115. The number of carbonyl (C=O) groups is 3.